The molecule has 1 aromatic rings. The van der Waals surface area contributed by atoms with E-state index in [0.29, 0.717) is 19.8 Å². The van der Waals surface area contributed by atoms with E-state index in [1.807, 2.05) is 0 Å². The molecule has 106 valence electrons. The molecule has 4 N–H and O–H groups in total. The SMILES string of the molecule is Nc1cc(S(=O)(=O)NCC2COCCO2)ccc1O. The fourth-order valence-corrected chi connectivity index (χ4v) is 2.74. The highest BCUT2D eigenvalue weighted by Crippen LogP contribution is 2.22. The molecule has 1 unspecified atom stereocenters. The zero-order valence-corrected chi connectivity index (χ0v) is 11.0. The molecule has 7 nitrogen and oxygen atoms in total. The quantitative estimate of drug-likeness (QED) is 0.517. The van der Waals surface area contributed by atoms with Crippen LogP contribution >= 0.6 is 0 Å². The number of hydrogen-bond acceptors (Lipinski definition) is 6. The first kappa shape index (κ1) is 14.1. The van der Waals surface area contributed by atoms with E-state index in [0.717, 1.165) is 0 Å². The van der Waals surface area contributed by atoms with Gasteiger partial charge in [-0.15, -0.1) is 0 Å². The zero-order chi connectivity index (χ0) is 13.9. The Labute approximate surface area is 111 Å². The Balaban J connectivity index is 2.02. The van der Waals surface area contributed by atoms with Crippen molar-refractivity contribution >= 4 is 15.7 Å². The number of hydrogen-bond donors (Lipinski definition) is 3. The first-order chi connectivity index (χ1) is 8.99. The van der Waals surface area contributed by atoms with Crippen LogP contribution in [0.4, 0.5) is 5.69 Å². The van der Waals surface area contributed by atoms with Crippen LogP contribution in [0, 0.1) is 0 Å². The van der Waals surface area contributed by atoms with Crippen molar-refractivity contribution in [1.29, 1.82) is 0 Å². The van der Waals surface area contributed by atoms with Gasteiger partial charge in [0, 0.05) is 6.54 Å². The van der Waals surface area contributed by atoms with E-state index in [-0.39, 0.29) is 29.0 Å². The van der Waals surface area contributed by atoms with Crippen molar-refractivity contribution in [2.45, 2.75) is 11.0 Å². The molecule has 1 fully saturated rings. The van der Waals surface area contributed by atoms with E-state index in [1.54, 1.807) is 0 Å². The summed E-state index contributed by atoms with van der Waals surface area (Å²) >= 11 is 0. The Kier molecular flexibility index (Phi) is 4.25. The summed E-state index contributed by atoms with van der Waals surface area (Å²) in [5.41, 5.74) is 5.48. The summed E-state index contributed by atoms with van der Waals surface area (Å²) in [6.07, 6.45) is -0.294. The maximum atomic E-state index is 12.0. The minimum absolute atomic E-state index is 0.000437. The number of nitrogens with two attached hydrogens (primary N) is 1. The molecule has 1 saturated heterocycles. The van der Waals surface area contributed by atoms with Crippen molar-refractivity contribution < 1.29 is 23.0 Å². The molecule has 0 bridgehead atoms. The smallest absolute Gasteiger partial charge is 0.240 e. The summed E-state index contributed by atoms with van der Waals surface area (Å²) < 4.78 is 36.9. The number of benzene rings is 1. The summed E-state index contributed by atoms with van der Waals surface area (Å²) in [4.78, 5) is -0.000437. The minimum Gasteiger partial charge on any atom is -0.506 e. The highest BCUT2D eigenvalue weighted by atomic mass is 32.2. The van der Waals surface area contributed by atoms with Gasteiger partial charge < -0.3 is 20.3 Å². The normalized spacial score (nSPS) is 20.3. The second-order valence-electron chi connectivity index (χ2n) is 4.14. The number of rotatable bonds is 4. The lowest BCUT2D eigenvalue weighted by molar-refractivity contribution is -0.0846. The first-order valence-corrected chi connectivity index (χ1v) is 7.25. The highest BCUT2D eigenvalue weighted by molar-refractivity contribution is 7.89. The number of sulfonamides is 1. The zero-order valence-electron chi connectivity index (χ0n) is 10.2. The van der Waals surface area contributed by atoms with E-state index < -0.39 is 10.0 Å². The van der Waals surface area contributed by atoms with Gasteiger partial charge in [0.05, 0.1) is 36.5 Å². The fraction of sp³-hybridized carbons (Fsp3) is 0.455. The van der Waals surface area contributed by atoms with Gasteiger partial charge in [0.2, 0.25) is 10.0 Å². The van der Waals surface area contributed by atoms with E-state index in [9.17, 15) is 13.5 Å². The van der Waals surface area contributed by atoms with Gasteiger partial charge in [-0.2, -0.15) is 0 Å². The Morgan fingerprint density at radius 2 is 2.21 bits per heavy atom. The Morgan fingerprint density at radius 1 is 1.42 bits per heavy atom. The van der Waals surface area contributed by atoms with Crippen LogP contribution in [0.25, 0.3) is 0 Å². The van der Waals surface area contributed by atoms with Gasteiger partial charge in [0.25, 0.3) is 0 Å². The fourth-order valence-electron chi connectivity index (χ4n) is 1.64. The van der Waals surface area contributed by atoms with Crippen LogP contribution in [0.2, 0.25) is 0 Å². The Hall–Kier alpha value is -1.35. The average molecular weight is 288 g/mol. The average Bonchev–Trinajstić information content (AvgIpc) is 2.41. The summed E-state index contributed by atoms with van der Waals surface area (Å²) in [5, 5.41) is 9.27. The molecular weight excluding hydrogens is 272 g/mol. The molecule has 2 rings (SSSR count). The van der Waals surface area contributed by atoms with Crippen LogP contribution in [-0.2, 0) is 19.5 Å². The van der Waals surface area contributed by atoms with Crippen molar-refractivity contribution in [3.8, 4) is 5.75 Å². The largest absolute Gasteiger partial charge is 0.506 e. The summed E-state index contributed by atoms with van der Waals surface area (Å²) in [6, 6.07) is 3.73. The third-order valence-electron chi connectivity index (χ3n) is 2.70. The van der Waals surface area contributed by atoms with Crippen molar-refractivity contribution in [2.75, 3.05) is 32.1 Å². The second kappa shape index (κ2) is 5.74. The molecule has 0 aromatic heterocycles. The second-order valence-corrected chi connectivity index (χ2v) is 5.91. The number of aromatic hydroxyl groups is 1. The predicted octanol–water partition coefficient (Wildman–Crippen LogP) is -0.332. The number of phenols is 1. The van der Waals surface area contributed by atoms with E-state index in [1.165, 1.54) is 18.2 Å². The monoisotopic (exact) mass is 288 g/mol. The molecule has 1 aromatic carbocycles. The molecule has 0 aliphatic carbocycles. The van der Waals surface area contributed by atoms with Gasteiger partial charge in [-0.25, -0.2) is 13.1 Å². The lowest BCUT2D eigenvalue weighted by Crippen LogP contribution is -2.39. The van der Waals surface area contributed by atoms with Crippen LogP contribution in [0.3, 0.4) is 0 Å². The van der Waals surface area contributed by atoms with Crippen LogP contribution < -0.4 is 10.5 Å². The van der Waals surface area contributed by atoms with Crippen LogP contribution in [-0.4, -0.2) is 46.0 Å². The van der Waals surface area contributed by atoms with Crippen molar-refractivity contribution in [3.05, 3.63) is 18.2 Å². The third-order valence-corrected chi connectivity index (χ3v) is 4.12. The Morgan fingerprint density at radius 3 is 2.84 bits per heavy atom. The number of nitrogen functional groups attached to an aromatic ring is 1. The third kappa shape index (κ3) is 3.57. The van der Waals surface area contributed by atoms with Crippen molar-refractivity contribution in [2.24, 2.45) is 0 Å². The summed E-state index contributed by atoms with van der Waals surface area (Å²) in [5.74, 6) is -0.150. The molecule has 19 heavy (non-hydrogen) atoms. The summed E-state index contributed by atoms with van der Waals surface area (Å²) in [7, 11) is -3.68. The van der Waals surface area contributed by atoms with Gasteiger partial charge >= 0.3 is 0 Å². The van der Waals surface area contributed by atoms with Crippen LogP contribution in [0.1, 0.15) is 0 Å². The number of anilines is 1. The van der Waals surface area contributed by atoms with Crippen LogP contribution in [0.5, 0.6) is 5.75 Å². The van der Waals surface area contributed by atoms with E-state index in [4.69, 9.17) is 15.2 Å². The standard InChI is InChI=1S/C11H16N2O5S/c12-10-5-9(1-2-11(10)14)19(15,16)13-6-8-7-17-3-4-18-8/h1-2,5,8,13-14H,3-4,6-7,12H2. The lowest BCUT2D eigenvalue weighted by atomic mass is 10.3. The predicted molar refractivity (Wildman–Crippen MR) is 68.3 cm³/mol. The summed E-state index contributed by atoms with van der Waals surface area (Å²) in [6.45, 7) is 1.47. The molecule has 0 amide bonds. The maximum absolute atomic E-state index is 12.0. The van der Waals surface area contributed by atoms with Gasteiger partial charge in [0.15, 0.2) is 0 Å². The number of phenolic OH excluding ortho intramolecular Hbond substituents is 1. The van der Waals surface area contributed by atoms with Gasteiger partial charge in [-0.05, 0) is 18.2 Å². The molecule has 1 atom stereocenters. The molecular formula is C11H16N2O5S. The molecule has 8 heteroatoms. The first-order valence-electron chi connectivity index (χ1n) is 5.76. The number of nitrogens with one attached hydrogen (secondary N) is 1. The highest BCUT2D eigenvalue weighted by Gasteiger charge is 2.20. The van der Waals surface area contributed by atoms with E-state index in [2.05, 4.69) is 4.72 Å². The number of ether oxygens (including phenoxy) is 2. The van der Waals surface area contributed by atoms with Gasteiger partial charge in [-0.1, -0.05) is 0 Å². The van der Waals surface area contributed by atoms with Gasteiger partial charge in [-0.3, -0.25) is 0 Å². The molecule has 1 heterocycles. The minimum atomic E-state index is -3.68. The van der Waals surface area contributed by atoms with Crippen molar-refractivity contribution in [3.63, 3.8) is 0 Å². The maximum Gasteiger partial charge on any atom is 0.240 e. The molecule has 0 radical (unpaired) electrons. The van der Waals surface area contributed by atoms with E-state index >= 15 is 0 Å². The molecule has 1 aliphatic rings. The van der Waals surface area contributed by atoms with Crippen molar-refractivity contribution in [1.82, 2.24) is 4.72 Å². The topological polar surface area (TPSA) is 111 Å². The molecule has 0 spiro atoms. The Bertz CT molecular complexity index is 540. The van der Waals surface area contributed by atoms with Crippen LogP contribution in [0.15, 0.2) is 23.1 Å². The van der Waals surface area contributed by atoms with Gasteiger partial charge in [0.1, 0.15) is 5.75 Å². The molecule has 1 aliphatic heterocycles. The lowest BCUT2D eigenvalue weighted by Gasteiger charge is -2.23. The molecule has 0 saturated carbocycles.